The molecular weight excluding hydrogens is 458 g/mol. The Kier molecular flexibility index (Phi) is 6.73. The van der Waals surface area contributed by atoms with Crippen LogP contribution in [0.25, 0.3) is 16.8 Å². The lowest BCUT2D eigenvalue weighted by Crippen LogP contribution is -2.41. The third-order valence-corrected chi connectivity index (χ3v) is 7.22. The molecule has 0 radical (unpaired) electrons. The number of amides is 1. The van der Waals surface area contributed by atoms with Crippen LogP contribution < -0.4 is 10.2 Å². The van der Waals surface area contributed by atoms with Crippen molar-refractivity contribution in [2.45, 2.75) is 33.1 Å². The van der Waals surface area contributed by atoms with Crippen LogP contribution in [0, 0.1) is 19.8 Å². The van der Waals surface area contributed by atoms with Crippen molar-refractivity contribution < 1.29 is 4.79 Å². The maximum atomic E-state index is 12.7. The molecule has 0 atom stereocenters. The minimum atomic E-state index is 0.0344. The summed E-state index contributed by atoms with van der Waals surface area (Å²) in [5.41, 5.74) is 6.74. The largest absolute Gasteiger partial charge is 0.356 e. The van der Waals surface area contributed by atoms with Crippen LogP contribution in [0.3, 0.4) is 0 Å². The molecule has 0 unspecified atom stereocenters. The van der Waals surface area contributed by atoms with Gasteiger partial charge in [-0.2, -0.15) is 5.10 Å². The Hall–Kier alpha value is -3.38. The Morgan fingerprint density at radius 2 is 1.83 bits per heavy atom. The molecule has 3 heterocycles. The number of anilines is 1. The van der Waals surface area contributed by atoms with Gasteiger partial charge >= 0.3 is 0 Å². The second-order valence-electron chi connectivity index (χ2n) is 9.34. The molecule has 4 aromatic rings. The smallest absolute Gasteiger partial charge is 0.223 e. The van der Waals surface area contributed by atoms with E-state index in [0.29, 0.717) is 6.54 Å². The average molecular weight is 488 g/mol. The maximum Gasteiger partial charge on any atom is 0.223 e. The topological polar surface area (TPSA) is 62.5 Å². The number of hydrogen-bond acceptors (Lipinski definition) is 4. The molecule has 7 heteroatoms. The molecule has 0 spiro atoms. The predicted octanol–water partition coefficient (Wildman–Crippen LogP) is 5.24. The Balaban J connectivity index is 1.21. The van der Waals surface area contributed by atoms with E-state index in [1.54, 1.807) is 6.20 Å². The number of benzene rings is 2. The van der Waals surface area contributed by atoms with Crippen molar-refractivity contribution in [1.29, 1.82) is 0 Å². The van der Waals surface area contributed by atoms with E-state index in [4.69, 9.17) is 16.7 Å². The van der Waals surface area contributed by atoms with Gasteiger partial charge in [-0.25, -0.2) is 9.50 Å². The van der Waals surface area contributed by atoms with E-state index in [1.807, 2.05) is 35.0 Å². The van der Waals surface area contributed by atoms with Gasteiger partial charge in [-0.15, -0.1) is 0 Å². The zero-order chi connectivity index (χ0) is 24.4. The zero-order valence-electron chi connectivity index (χ0n) is 20.2. The fraction of sp³-hybridized carbons (Fsp3) is 0.321. The van der Waals surface area contributed by atoms with Crippen LogP contribution in [0.5, 0.6) is 0 Å². The highest BCUT2D eigenvalue weighted by molar-refractivity contribution is 6.30. The highest BCUT2D eigenvalue weighted by Gasteiger charge is 2.26. The fourth-order valence-corrected chi connectivity index (χ4v) is 4.80. The van der Waals surface area contributed by atoms with E-state index in [0.717, 1.165) is 60.0 Å². The van der Waals surface area contributed by atoms with Crippen LogP contribution in [0.15, 0.2) is 60.9 Å². The first-order valence-electron chi connectivity index (χ1n) is 12.2. The van der Waals surface area contributed by atoms with Crippen LogP contribution >= 0.6 is 11.6 Å². The van der Waals surface area contributed by atoms with Crippen LogP contribution in [0.4, 0.5) is 5.82 Å². The number of carbonyl (C=O) groups is 1. The summed E-state index contributed by atoms with van der Waals surface area (Å²) in [5.74, 6) is 1.11. The van der Waals surface area contributed by atoms with Gasteiger partial charge in [-0.05, 0) is 74.1 Å². The van der Waals surface area contributed by atoms with E-state index in [1.165, 1.54) is 16.7 Å². The van der Waals surface area contributed by atoms with Gasteiger partial charge in [-0.3, -0.25) is 4.79 Å². The number of nitrogens with zero attached hydrogens (tertiary/aromatic N) is 4. The summed E-state index contributed by atoms with van der Waals surface area (Å²) in [6.45, 7) is 6.48. The first-order chi connectivity index (χ1) is 17.0. The summed E-state index contributed by atoms with van der Waals surface area (Å²) in [5, 5.41) is 8.63. The Morgan fingerprint density at radius 1 is 1.06 bits per heavy atom. The minimum absolute atomic E-state index is 0.0344. The van der Waals surface area contributed by atoms with Crippen LogP contribution in [0.1, 0.15) is 29.5 Å². The van der Waals surface area contributed by atoms with Crippen molar-refractivity contribution in [3.05, 3.63) is 82.6 Å². The van der Waals surface area contributed by atoms with Crippen molar-refractivity contribution in [2.24, 2.45) is 5.92 Å². The lowest BCUT2D eigenvalue weighted by Gasteiger charge is -2.32. The number of carbonyl (C=O) groups excluding carboxylic acids is 1. The number of halogens is 1. The molecular formula is C28H30ClN5O. The number of fused-ring (bicyclic) bond motifs is 1. The Morgan fingerprint density at radius 3 is 2.57 bits per heavy atom. The quantitative estimate of drug-likeness (QED) is 0.404. The second-order valence-corrected chi connectivity index (χ2v) is 9.77. The van der Waals surface area contributed by atoms with E-state index in [2.05, 4.69) is 53.3 Å². The maximum absolute atomic E-state index is 12.7. The van der Waals surface area contributed by atoms with Crippen molar-refractivity contribution in [1.82, 2.24) is 19.9 Å². The number of aryl methyl sites for hydroxylation is 2. The van der Waals surface area contributed by atoms with E-state index >= 15 is 0 Å². The molecule has 1 amide bonds. The summed E-state index contributed by atoms with van der Waals surface area (Å²) in [6, 6.07) is 16.3. The number of nitrogens with one attached hydrogen (secondary N) is 1. The molecule has 6 nitrogen and oxygen atoms in total. The number of aromatic nitrogens is 3. The molecule has 1 fully saturated rings. The highest BCUT2D eigenvalue weighted by atomic mass is 35.5. The molecule has 0 saturated carbocycles. The lowest BCUT2D eigenvalue weighted by atomic mass is 9.95. The SMILES string of the molecule is Cc1ccc(-c2cc3c(N4CCC(C(=O)NCCc5ccc(Cl)cc5)CC4)nccn3n2)cc1C. The zero-order valence-corrected chi connectivity index (χ0v) is 20.9. The van der Waals surface area contributed by atoms with Gasteiger partial charge < -0.3 is 10.2 Å². The Bertz CT molecular complexity index is 1340. The van der Waals surface area contributed by atoms with Crippen LogP contribution in [-0.2, 0) is 11.2 Å². The van der Waals surface area contributed by atoms with Gasteiger partial charge in [0.25, 0.3) is 0 Å². The van der Waals surface area contributed by atoms with Gasteiger partial charge in [-0.1, -0.05) is 35.9 Å². The number of rotatable bonds is 6. The normalized spacial score (nSPS) is 14.4. The van der Waals surface area contributed by atoms with Crippen molar-refractivity contribution in [2.75, 3.05) is 24.5 Å². The molecule has 0 aliphatic carbocycles. The summed E-state index contributed by atoms with van der Waals surface area (Å²) in [6.07, 6.45) is 6.12. The number of piperidine rings is 1. The van der Waals surface area contributed by atoms with Gasteiger partial charge in [0.1, 0.15) is 5.52 Å². The van der Waals surface area contributed by atoms with E-state index in [-0.39, 0.29) is 11.8 Å². The van der Waals surface area contributed by atoms with Crippen molar-refractivity contribution in [3.8, 4) is 11.3 Å². The van der Waals surface area contributed by atoms with E-state index in [9.17, 15) is 4.79 Å². The first kappa shape index (κ1) is 23.4. The highest BCUT2D eigenvalue weighted by Crippen LogP contribution is 2.29. The number of hydrogen-bond donors (Lipinski definition) is 1. The van der Waals surface area contributed by atoms with Crippen LogP contribution in [-0.4, -0.2) is 40.1 Å². The first-order valence-corrected chi connectivity index (χ1v) is 12.5. The minimum Gasteiger partial charge on any atom is -0.356 e. The molecule has 180 valence electrons. The summed E-state index contributed by atoms with van der Waals surface area (Å²) >= 11 is 5.94. The molecule has 35 heavy (non-hydrogen) atoms. The molecule has 5 rings (SSSR count). The molecule has 2 aromatic heterocycles. The molecule has 1 aliphatic heterocycles. The molecule has 1 N–H and O–H groups in total. The van der Waals surface area contributed by atoms with Crippen LogP contribution in [0.2, 0.25) is 5.02 Å². The third kappa shape index (κ3) is 5.17. The second kappa shape index (κ2) is 10.1. The lowest BCUT2D eigenvalue weighted by molar-refractivity contribution is -0.125. The average Bonchev–Trinajstić information content (AvgIpc) is 3.31. The molecule has 1 saturated heterocycles. The van der Waals surface area contributed by atoms with Gasteiger partial charge in [0, 0.05) is 48.5 Å². The third-order valence-electron chi connectivity index (χ3n) is 6.96. The monoisotopic (exact) mass is 487 g/mol. The van der Waals surface area contributed by atoms with Gasteiger partial charge in [0.2, 0.25) is 5.91 Å². The molecule has 2 aromatic carbocycles. The van der Waals surface area contributed by atoms with Crippen molar-refractivity contribution >= 4 is 28.8 Å². The summed E-state index contributed by atoms with van der Waals surface area (Å²) in [4.78, 5) is 19.7. The summed E-state index contributed by atoms with van der Waals surface area (Å²) < 4.78 is 1.91. The predicted molar refractivity (Wildman–Crippen MR) is 141 cm³/mol. The summed E-state index contributed by atoms with van der Waals surface area (Å²) in [7, 11) is 0. The molecule has 0 bridgehead atoms. The van der Waals surface area contributed by atoms with E-state index < -0.39 is 0 Å². The standard InChI is InChI=1S/C28H30ClN5O/c1-19-3-6-23(17-20(19)2)25-18-26-27(30-13-16-34(26)32-25)33-14-10-22(11-15-33)28(35)31-12-9-21-4-7-24(29)8-5-21/h3-8,13,16-18,22H,9-12,14-15H2,1-2H3,(H,31,35). The van der Waals surface area contributed by atoms with Gasteiger partial charge in [0.05, 0.1) is 5.69 Å². The fourth-order valence-electron chi connectivity index (χ4n) is 4.67. The van der Waals surface area contributed by atoms with Gasteiger partial charge in [0.15, 0.2) is 5.82 Å². The molecule has 1 aliphatic rings. The van der Waals surface area contributed by atoms with Crippen molar-refractivity contribution in [3.63, 3.8) is 0 Å². The Labute approximate surface area is 210 Å².